The minimum atomic E-state index is 0.00713. The van der Waals surface area contributed by atoms with Gasteiger partial charge in [0.25, 0.3) is 0 Å². The number of aliphatic hydroxyl groups is 1. The van der Waals surface area contributed by atoms with Gasteiger partial charge in [-0.15, -0.1) is 0 Å². The quantitative estimate of drug-likeness (QED) is 0.839. The van der Waals surface area contributed by atoms with Crippen molar-refractivity contribution in [2.45, 2.75) is 31.7 Å². The van der Waals surface area contributed by atoms with Gasteiger partial charge in [-0.25, -0.2) is 0 Å². The third-order valence-corrected chi connectivity index (χ3v) is 4.60. The Morgan fingerprint density at radius 3 is 2.80 bits per heavy atom. The van der Waals surface area contributed by atoms with Crippen LogP contribution in [0.4, 0.5) is 5.69 Å². The van der Waals surface area contributed by atoms with Crippen LogP contribution in [-0.2, 0) is 0 Å². The first-order valence-corrected chi connectivity index (χ1v) is 7.48. The number of methoxy groups -OCH3 is 1. The second-order valence-corrected chi connectivity index (χ2v) is 5.86. The molecule has 0 amide bonds. The van der Waals surface area contributed by atoms with Crippen LogP contribution in [0.15, 0.2) is 18.2 Å². The monoisotopic (exact) mass is 277 g/mol. The molecule has 20 heavy (non-hydrogen) atoms. The van der Waals surface area contributed by atoms with Crippen molar-refractivity contribution in [2.24, 2.45) is 11.8 Å². The largest absolute Gasteiger partial charge is 0.493 e. The van der Waals surface area contributed by atoms with Gasteiger partial charge in [-0.05, 0) is 43.2 Å². The number of anilines is 1. The summed E-state index contributed by atoms with van der Waals surface area (Å²) < 4.78 is 10.8. The van der Waals surface area contributed by atoms with Crippen molar-refractivity contribution in [2.75, 3.05) is 25.6 Å². The molecule has 2 aliphatic carbocycles. The number of nitrogens with one attached hydrogen (secondary N) is 1. The van der Waals surface area contributed by atoms with Crippen LogP contribution >= 0.6 is 0 Å². The summed E-state index contributed by atoms with van der Waals surface area (Å²) in [5.74, 6) is 3.16. The molecule has 0 heterocycles. The molecule has 0 spiro atoms. The molecule has 2 bridgehead atoms. The summed E-state index contributed by atoms with van der Waals surface area (Å²) >= 11 is 0. The summed E-state index contributed by atoms with van der Waals surface area (Å²) in [5, 5.41) is 12.5. The van der Waals surface area contributed by atoms with Crippen LogP contribution in [0.5, 0.6) is 11.5 Å². The molecule has 3 atom stereocenters. The molecule has 0 aliphatic heterocycles. The summed E-state index contributed by atoms with van der Waals surface area (Å²) in [7, 11) is 1.63. The van der Waals surface area contributed by atoms with E-state index >= 15 is 0 Å². The van der Waals surface area contributed by atoms with Crippen LogP contribution in [0, 0.1) is 11.8 Å². The average molecular weight is 277 g/mol. The lowest BCUT2D eigenvalue weighted by molar-refractivity contribution is 0.196. The zero-order chi connectivity index (χ0) is 13.9. The summed E-state index contributed by atoms with van der Waals surface area (Å²) in [6.07, 6.45) is 5.47. The molecular formula is C16H23NO3. The second-order valence-electron chi connectivity index (χ2n) is 5.86. The van der Waals surface area contributed by atoms with E-state index in [9.17, 15) is 0 Å². The fourth-order valence-electron chi connectivity index (χ4n) is 3.67. The molecule has 2 aliphatic rings. The number of hydrogen-bond donors (Lipinski definition) is 2. The first kappa shape index (κ1) is 13.6. The standard InChI is InChI=1S/C16H23NO3/c1-19-15-5-4-13(10-16(15)20-7-6-18)17-14-9-11-2-3-12(14)8-11/h4-5,10-12,14,17-18H,2-3,6-9H2,1H3. The molecule has 3 unspecified atom stereocenters. The van der Waals surface area contributed by atoms with Crippen molar-refractivity contribution in [1.29, 1.82) is 0 Å². The number of hydrogen-bond acceptors (Lipinski definition) is 4. The van der Waals surface area contributed by atoms with Crippen LogP contribution < -0.4 is 14.8 Å². The van der Waals surface area contributed by atoms with Crippen molar-refractivity contribution in [3.05, 3.63) is 18.2 Å². The van der Waals surface area contributed by atoms with E-state index in [0.717, 1.165) is 17.5 Å². The molecule has 3 rings (SSSR count). The van der Waals surface area contributed by atoms with Gasteiger partial charge in [0.2, 0.25) is 0 Å². The van der Waals surface area contributed by atoms with Crippen molar-refractivity contribution in [3.8, 4) is 11.5 Å². The first-order chi connectivity index (χ1) is 9.80. The van der Waals surface area contributed by atoms with Crippen molar-refractivity contribution >= 4 is 5.69 Å². The number of fused-ring (bicyclic) bond motifs is 2. The Kier molecular flexibility index (Phi) is 4.01. The van der Waals surface area contributed by atoms with Gasteiger partial charge in [-0.1, -0.05) is 6.42 Å². The Balaban J connectivity index is 1.69. The van der Waals surface area contributed by atoms with Gasteiger partial charge in [-0.3, -0.25) is 0 Å². The van der Waals surface area contributed by atoms with Crippen LogP contribution in [-0.4, -0.2) is 31.5 Å². The van der Waals surface area contributed by atoms with Gasteiger partial charge in [0.15, 0.2) is 11.5 Å². The zero-order valence-electron chi connectivity index (χ0n) is 12.0. The number of aliphatic hydroxyl groups excluding tert-OH is 1. The van der Waals surface area contributed by atoms with Gasteiger partial charge >= 0.3 is 0 Å². The smallest absolute Gasteiger partial charge is 0.163 e. The van der Waals surface area contributed by atoms with Gasteiger partial charge in [0, 0.05) is 17.8 Å². The molecule has 1 aromatic carbocycles. The van der Waals surface area contributed by atoms with Crippen LogP contribution in [0.25, 0.3) is 0 Å². The maximum absolute atomic E-state index is 8.88. The highest BCUT2D eigenvalue weighted by molar-refractivity contribution is 5.55. The fraction of sp³-hybridized carbons (Fsp3) is 0.625. The Labute approximate surface area is 120 Å². The molecule has 2 saturated carbocycles. The molecule has 0 aromatic heterocycles. The summed E-state index contributed by atoms with van der Waals surface area (Å²) in [5.41, 5.74) is 1.08. The van der Waals surface area contributed by atoms with Crippen LogP contribution in [0.3, 0.4) is 0 Å². The summed E-state index contributed by atoms with van der Waals surface area (Å²) in [6.45, 7) is 0.293. The molecule has 0 saturated heterocycles. The lowest BCUT2D eigenvalue weighted by Crippen LogP contribution is -2.25. The minimum absolute atomic E-state index is 0.00713. The summed E-state index contributed by atoms with van der Waals surface area (Å²) in [4.78, 5) is 0. The van der Waals surface area contributed by atoms with E-state index in [1.165, 1.54) is 25.7 Å². The van der Waals surface area contributed by atoms with E-state index in [-0.39, 0.29) is 13.2 Å². The Hall–Kier alpha value is -1.42. The molecule has 0 radical (unpaired) electrons. The molecule has 110 valence electrons. The van der Waals surface area contributed by atoms with E-state index in [4.69, 9.17) is 14.6 Å². The molecule has 1 aromatic rings. The van der Waals surface area contributed by atoms with E-state index in [0.29, 0.717) is 17.5 Å². The van der Waals surface area contributed by atoms with Gasteiger partial charge in [0.05, 0.1) is 13.7 Å². The predicted octanol–water partition coefficient (Wildman–Crippen LogP) is 2.67. The average Bonchev–Trinajstić information content (AvgIpc) is 3.08. The minimum Gasteiger partial charge on any atom is -0.493 e. The molecule has 4 heteroatoms. The Morgan fingerprint density at radius 2 is 2.15 bits per heavy atom. The molecule has 2 N–H and O–H groups in total. The third kappa shape index (κ3) is 2.70. The van der Waals surface area contributed by atoms with E-state index in [2.05, 4.69) is 5.32 Å². The maximum atomic E-state index is 8.88. The zero-order valence-corrected chi connectivity index (χ0v) is 12.0. The highest BCUT2D eigenvalue weighted by atomic mass is 16.5. The maximum Gasteiger partial charge on any atom is 0.163 e. The Bertz CT molecular complexity index is 463. The third-order valence-electron chi connectivity index (χ3n) is 4.60. The van der Waals surface area contributed by atoms with Crippen LogP contribution in [0.1, 0.15) is 25.7 Å². The normalized spacial score (nSPS) is 27.6. The van der Waals surface area contributed by atoms with Gasteiger partial charge in [-0.2, -0.15) is 0 Å². The van der Waals surface area contributed by atoms with E-state index in [1.807, 2.05) is 18.2 Å². The van der Waals surface area contributed by atoms with Gasteiger partial charge < -0.3 is 19.9 Å². The second kappa shape index (κ2) is 5.92. The number of benzene rings is 1. The fourth-order valence-corrected chi connectivity index (χ4v) is 3.67. The highest BCUT2D eigenvalue weighted by Gasteiger charge is 2.39. The molecular weight excluding hydrogens is 254 g/mol. The molecule has 4 nitrogen and oxygen atoms in total. The summed E-state index contributed by atoms with van der Waals surface area (Å²) in [6, 6.07) is 6.53. The van der Waals surface area contributed by atoms with Crippen LogP contribution in [0.2, 0.25) is 0 Å². The van der Waals surface area contributed by atoms with Gasteiger partial charge in [0.1, 0.15) is 6.61 Å². The van der Waals surface area contributed by atoms with Crippen molar-refractivity contribution in [1.82, 2.24) is 0 Å². The molecule has 2 fully saturated rings. The highest BCUT2D eigenvalue weighted by Crippen LogP contribution is 2.45. The number of ether oxygens (including phenoxy) is 2. The van der Waals surface area contributed by atoms with E-state index < -0.39 is 0 Å². The van der Waals surface area contributed by atoms with Crippen molar-refractivity contribution in [3.63, 3.8) is 0 Å². The first-order valence-electron chi connectivity index (χ1n) is 7.48. The van der Waals surface area contributed by atoms with Crippen molar-refractivity contribution < 1.29 is 14.6 Å². The lowest BCUT2D eigenvalue weighted by atomic mass is 9.95. The predicted molar refractivity (Wildman–Crippen MR) is 78.4 cm³/mol. The number of rotatable bonds is 6. The SMILES string of the molecule is COc1ccc(NC2CC3CCC2C3)cc1OCCO. The topological polar surface area (TPSA) is 50.7 Å². The van der Waals surface area contributed by atoms with E-state index in [1.54, 1.807) is 7.11 Å². The Morgan fingerprint density at radius 1 is 1.25 bits per heavy atom. The lowest BCUT2D eigenvalue weighted by Gasteiger charge is -2.24.